The molecule has 0 unspecified atom stereocenters. The second-order valence-electron chi connectivity index (χ2n) is 3.86. The van der Waals surface area contributed by atoms with E-state index in [2.05, 4.69) is 4.98 Å². The van der Waals surface area contributed by atoms with E-state index in [0.717, 1.165) is 16.7 Å². The highest BCUT2D eigenvalue weighted by molar-refractivity contribution is 5.42. The van der Waals surface area contributed by atoms with Gasteiger partial charge in [-0.2, -0.15) is 0 Å². The van der Waals surface area contributed by atoms with E-state index in [1.807, 2.05) is 25.1 Å². The van der Waals surface area contributed by atoms with Crippen molar-refractivity contribution < 1.29 is 4.39 Å². The van der Waals surface area contributed by atoms with Gasteiger partial charge in [-0.1, -0.05) is 12.1 Å². The van der Waals surface area contributed by atoms with E-state index in [-0.39, 0.29) is 5.82 Å². The lowest BCUT2D eigenvalue weighted by Gasteiger charge is -2.05. The molecule has 0 atom stereocenters. The van der Waals surface area contributed by atoms with Crippen LogP contribution in [0.2, 0.25) is 0 Å². The first-order valence-corrected chi connectivity index (χ1v) is 5.10. The molecule has 2 N–H and O–H groups in total. The van der Waals surface area contributed by atoms with Crippen molar-refractivity contribution in [3.05, 3.63) is 59.0 Å². The Morgan fingerprint density at radius 3 is 2.81 bits per heavy atom. The molecule has 3 heteroatoms. The van der Waals surface area contributed by atoms with Crippen LogP contribution in [0.5, 0.6) is 0 Å². The number of nitrogens with zero attached hydrogens (tertiary/aromatic N) is 1. The predicted octanol–water partition coefficient (Wildman–Crippen LogP) is 2.70. The van der Waals surface area contributed by atoms with Crippen LogP contribution in [0.15, 0.2) is 36.5 Å². The van der Waals surface area contributed by atoms with Gasteiger partial charge in [0.1, 0.15) is 11.6 Å². The normalized spacial score (nSPS) is 10.4. The van der Waals surface area contributed by atoms with Gasteiger partial charge in [-0.25, -0.2) is 9.37 Å². The molecule has 1 aromatic heterocycles. The summed E-state index contributed by atoms with van der Waals surface area (Å²) in [5.41, 5.74) is 8.49. The number of pyridine rings is 1. The van der Waals surface area contributed by atoms with Crippen LogP contribution < -0.4 is 5.73 Å². The van der Waals surface area contributed by atoms with Crippen molar-refractivity contribution in [1.29, 1.82) is 0 Å². The number of hydrogen-bond acceptors (Lipinski definition) is 2. The summed E-state index contributed by atoms with van der Waals surface area (Å²) >= 11 is 0. The molecule has 1 heterocycles. The molecule has 0 radical (unpaired) electrons. The average Bonchev–Trinajstić information content (AvgIpc) is 2.20. The van der Waals surface area contributed by atoms with Gasteiger partial charge >= 0.3 is 0 Å². The van der Waals surface area contributed by atoms with Gasteiger partial charge in [0.05, 0.1) is 0 Å². The fourth-order valence-electron chi connectivity index (χ4n) is 1.73. The Balaban J connectivity index is 2.30. The van der Waals surface area contributed by atoms with Crippen molar-refractivity contribution in [3.63, 3.8) is 0 Å². The summed E-state index contributed by atoms with van der Waals surface area (Å²) < 4.78 is 13.2. The fourth-order valence-corrected chi connectivity index (χ4v) is 1.73. The minimum Gasteiger partial charge on any atom is -0.383 e. The van der Waals surface area contributed by atoms with E-state index < -0.39 is 0 Å². The molecule has 2 nitrogen and oxygen atoms in total. The molecule has 0 spiro atoms. The first-order chi connectivity index (χ1) is 7.65. The molecule has 0 fully saturated rings. The number of halogens is 1. The summed E-state index contributed by atoms with van der Waals surface area (Å²) in [5, 5.41) is 0. The molecular formula is C13H13FN2. The quantitative estimate of drug-likeness (QED) is 0.838. The molecular weight excluding hydrogens is 203 g/mol. The third-order valence-electron chi connectivity index (χ3n) is 2.42. The van der Waals surface area contributed by atoms with Gasteiger partial charge in [0.15, 0.2) is 0 Å². The highest BCUT2D eigenvalue weighted by Crippen LogP contribution is 2.16. The number of nitrogens with two attached hydrogens (primary N) is 1. The Morgan fingerprint density at radius 1 is 1.31 bits per heavy atom. The lowest BCUT2D eigenvalue weighted by atomic mass is 10.0. The first kappa shape index (κ1) is 10.6. The molecule has 0 amide bonds. The molecule has 2 rings (SSSR count). The third-order valence-corrected chi connectivity index (χ3v) is 2.42. The first-order valence-electron chi connectivity index (χ1n) is 5.10. The number of anilines is 1. The van der Waals surface area contributed by atoms with Crippen molar-refractivity contribution in [2.45, 2.75) is 13.3 Å². The van der Waals surface area contributed by atoms with Crippen LogP contribution in [-0.4, -0.2) is 4.98 Å². The van der Waals surface area contributed by atoms with E-state index in [0.29, 0.717) is 12.2 Å². The van der Waals surface area contributed by atoms with Gasteiger partial charge < -0.3 is 5.73 Å². The SMILES string of the molecule is Cc1cc(F)cc(Cc2cccnc2N)c1. The van der Waals surface area contributed by atoms with E-state index in [1.54, 1.807) is 6.20 Å². The second-order valence-corrected chi connectivity index (χ2v) is 3.86. The maximum atomic E-state index is 13.2. The number of nitrogen functional groups attached to an aromatic ring is 1. The van der Waals surface area contributed by atoms with Gasteiger partial charge in [-0.05, 0) is 41.8 Å². The van der Waals surface area contributed by atoms with Crippen LogP contribution in [0, 0.1) is 12.7 Å². The Bertz CT molecular complexity index is 489. The number of benzene rings is 1. The molecule has 0 saturated carbocycles. The van der Waals surface area contributed by atoms with E-state index >= 15 is 0 Å². The van der Waals surface area contributed by atoms with Crippen molar-refractivity contribution in [2.24, 2.45) is 0 Å². The van der Waals surface area contributed by atoms with Crippen LogP contribution in [0.1, 0.15) is 16.7 Å². The van der Waals surface area contributed by atoms with Gasteiger partial charge in [0.2, 0.25) is 0 Å². The monoisotopic (exact) mass is 216 g/mol. The summed E-state index contributed by atoms with van der Waals surface area (Å²) in [6, 6.07) is 8.73. The van der Waals surface area contributed by atoms with Crippen LogP contribution >= 0.6 is 0 Å². The summed E-state index contributed by atoms with van der Waals surface area (Å²) in [6.07, 6.45) is 2.26. The highest BCUT2D eigenvalue weighted by atomic mass is 19.1. The van der Waals surface area contributed by atoms with Gasteiger partial charge in [-0.3, -0.25) is 0 Å². The zero-order valence-electron chi connectivity index (χ0n) is 9.07. The Kier molecular flexibility index (Phi) is 2.86. The topological polar surface area (TPSA) is 38.9 Å². The maximum absolute atomic E-state index is 13.2. The molecule has 0 aliphatic rings. The summed E-state index contributed by atoms with van der Waals surface area (Å²) in [7, 11) is 0. The lowest BCUT2D eigenvalue weighted by molar-refractivity contribution is 0.624. The fraction of sp³-hybridized carbons (Fsp3) is 0.154. The van der Waals surface area contributed by atoms with E-state index in [4.69, 9.17) is 5.73 Å². The Labute approximate surface area is 93.9 Å². The minimum absolute atomic E-state index is 0.211. The molecule has 0 aliphatic carbocycles. The summed E-state index contributed by atoms with van der Waals surface area (Å²) in [6.45, 7) is 1.87. The molecule has 0 saturated heterocycles. The summed E-state index contributed by atoms with van der Waals surface area (Å²) in [4.78, 5) is 4.00. The number of aromatic nitrogens is 1. The maximum Gasteiger partial charge on any atom is 0.126 e. The molecule has 0 bridgehead atoms. The van der Waals surface area contributed by atoms with E-state index in [9.17, 15) is 4.39 Å². The predicted molar refractivity (Wildman–Crippen MR) is 62.6 cm³/mol. The summed E-state index contributed by atoms with van der Waals surface area (Å²) in [5.74, 6) is 0.293. The zero-order chi connectivity index (χ0) is 11.5. The Hall–Kier alpha value is -1.90. The number of aryl methyl sites for hydroxylation is 1. The number of rotatable bonds is 2. The van der Waals surface area contributed by atoms with Crippen LogP contribution in [0.4, 0.5) is 10.2 Å². The molecule has 1 aromatic carbocycles. The molecule has 16 heavy (non-hydrogen) atoms. The second kappa shape index (κ2) is 4.31. The Morgan fingerprint density at radius 2 is 2.12 bits per heavy atom. The number of hydrogen-bond donors (Lipinski definition) is 1. The van der Waals surface area contributed by atoms with Crippen molar-refractivity contribution in [2.75, 3.05) is 5.73 Å². The van der Waals surface area contributed by atoms with Crippen molar-refractivity contribution >= 4 is 5.82 Å². The van der Waals surface area contributed by atoms with E-state index in [1.165, 1.54) is 12.1 Å². The molecule has 0 aliphatic heterocycles. The lowest BCUT2D eigenvalue weighted by Crippen LogP contribution is -1.98. The largest absolute Gasteiger partial charge is 0.383 e. The molecule has 2 aromatic rings. The smallest absolute Gasteiger partial charge is 0.126 e. The van der Waals surface area contributed by atoms with Crippen LogP contribution in [0.25, 0.3) is 0 Å². The minimum atomic E-state index is -0.211. The van der Waals surface area contributed by atoms with Gasteiger partial charge in [0, 0.05) is 12.6 Å². The average molecular weight is 216 g/mol. The van der Waals surface area contributed by atoms with Gasteiger partial charge in [0.25, 0.3) is 0 Å². The zero-order valence-corrected chi connectivity index (χ0v) is 9.07. The third kappa shape index (κ3) is 2.37. The van der Waals surface area contributed by atoms with Crippen molar-refractivity contribution in [1.82, 2.24) is 4.98 Å². The molecule has 82 valence electrons. The van der Waals surface area contributed by atoms with Crippen molar-refractivity contribution in [3.8, 4) is 0 Å². The standard InChI is InChI=1S/C13H13FN2/c1-9-5-10(8-12(14)6-9)7-11-3-2-4-16-13(11)15/h2-6,8H,7H2,1H3,(H2,15,16). The van der Waals surface area contributed by atoms with Gasteiger partial charge in [-0.15, -0.1) is 0 Å². The van der Waals surface area contributed by atoms with Crippen LogP contribution in [-0.2, 0) is 6.42 Å². The van der Waals surface area contributed by atoms with Crippen LogP contribution in [0.3, 0.4) is 0 Å². The highest BCUT2D eigenvalue weighted by Gasteiger charge is 2.03.